The van der Waals surface area contributed by atoms with Crippen LogP contribution in [0.4, 0.5) is 0 Å². The van der Waals surface area contributed by atoms with Crippen LogP contribution in [0.5, 0.6) is 0 Å². The second kappa shape index (κ2) is 6.57. The molecule has 7 heteroatoms. The minimum atomic E-state index is -0.392. The summed E-state index contributed by atoms with van der Waals surface area (Å²) in [5, 5.41) is 0. The van der Waals surface area contributed by atoms with Crippen LogP contribution < -0.4 is 11.2 Å². The van der Waals surface area contributed by atoms with Crippen LogP contribution in [0.3, 0.4) is 0 Å². The molecule has 31 heavy (non-hydrogen) atoms. The number of rotatable bonds is 2. The standard InChI is InChI=1S/C24H23N5O2/c1-14-9-11-17(12-10-14)19-16(3)28-20-21(26(4)24(31)27(5)22(20)30)25-23(28)29(19)18-8-6-7-15(2)13-18/h6-13H,1-5H3. The van der Waals surface area contributed by atoms with Gasteiger partial charge in [-0.15, -0.1) is 0 Å². The Morgan fingerprint density at radius 3 is 2.23 bits per heavy atom. The van der Waals surface area contributed by atoms with Crippen LogP contribution in [0.15, 0.2) is 58.1 Å². The predicted octanol–water partition coefficient (Wildman–Crippen LogP) is 3.27. The summed E-state index contributed by atoms with van der Waals surface area (Å²) in [4.78, 5) is 30.4. The van der Waals surface area contributed by atoms with E-state index in [-0.39, 0.29) is 5.56 Å². The molecule has 0 amide bonds. The maximum Gasteiger partial charge on any atom is 0.332 e. The van der Waals surface area contributed by atoms with Crippen LogP contribution in [-0.2, 0) is 14.1 Å². The molecule has 0 aliphatic carbocycles. The van der Waals surface area contributed by atoms with E-state index in [1.54, 1.807) is 7.05 Å². The third-order valence-corrected chi connectivity index (χ3v) is 5.93. The van der Waals surface area contributed by atoms with E-state index in [9.17, 15) is 9.59 Å². The maximum atomic E-state index is 13.1. The lowest BCUT2D eigenvalue weighted by molar-refractivity contribution is 0.707. The van der Waals surface area contributed by atoms with Crippen molar-refractivity contribution >= 4 is 16.9 Å². The lowest BCUT2D eigenvalue weighted by atomic mass is 10.1. The number of hydrogen-bond donors (Lipinski definition) is 0. The Hall–Kier alpha value is -3.87. The molecule has 0 radical (unpaired) electrons. The molecule has 3 aromatic heterocycles. The first-order valence-electron chi connectivity index (χ1n) is 10.1. The molecule has 0 saturated carbocycles. The Bertz CT molecular complexity index is 1610. The van der Waals surface area contributed by atoms with E-state index in [1.165, 1.54) is 17.2 Å². The molecule has 5 aromatic rings. The normalized spacial score (nSPS) is 11.6. The molecule has 0 aliphatic heterocycles. The Labute approximate surface area is 178 Å². The molecular weight excluding hydrogens is 390 g/mol. The van der Waals surface area contributed by atoms with Crippen LogP contribution in [0.2, 0.25) is 0 Å². The van der Waals surface area contributed by atoms with Gasteiger partial charge in [-0.2, -0.15) is 4.98 Å². The summed E-state index contributed by atoms with van der Waals surface area (Å²) in [5.41, 5.74) is 6.16. The average molecular weight is 413 g/mol. The largest absolute Gasteiger partial charge is 0.332 e. The summed E-state index contributed by atoms with van der Waals surface area (Å²) in [6, 6.07) is 16.5. The molecule has 5 rings (SSSR count). The zero-order valence-electron chi connectivity index (χ0n) is 18.2. The fourth-order valence-corrected chi connectivity index (χ4v) is 4.28. The van der Waals surface area contributed by atoms with Crippen LogP contribution in [0.1, 0.15) is 16.8 Å². The van der Waals surface area contributed by atoms with Crippen molar-refractivity contribution in [3.8, 4) is 16.9 Å². The maximum absolute atomic E-state index is 13.1. The van der Waals surface area contributed by atoms with E-state index in [0.717, 1.165) is 32.8 Å². The first kappa shape index (κ1) is 19.1. The van der Waals surface area contributed by atoms with E-state index < -0.39 is 5.69 Å². The topological polar surface area (TPSA) is 66.2 Å². The van der Waals surface area contributed by atoms with E-state index in [2.05, 4.69) is 41.8 Å². The van der Waals surface area contributed by atoms with Crippen LogP contribution in [-0.4, -0.2) is 23.1 Å². The van der Waals surface area contributed by atoms with Gasteiger partial charge in [-0.1, -0.05) is 42.0 Å². The summed E-state index contributed by atoms with van der Waals surface area (Å²) in [5.74, 6) is 0.604. The van der Waals surface area contributed by atoms with Crippen molar-refractivity contribution in [1.29, 1.82) is 0 Å². The van der Waals surface area contributed by atoms with Crippen molar-refractivity contribution in [2.75, 3.05) is 0 Å². The molecule has 0 aliphatic rings. The fraction of sp³-hybridized carbons (Fsp3) is 0.208. The zero-order valence-corrected chi connectivity index (χ0v) is 18.2. The van der Waals surface area contributed by atoms with Gasteiger partial charge in [0.2, 0.25) is 5.78 Å². The van der Waals surface area contributed by atoms with Crippen LogP contribution in [0, 0.1) is 20.8 Å². The van der Waals surface area contributed by atoms with Gasteiger partial charge in [0.25, 0.3) is 5.56 Å². The summed E-state index contributed by atoms with van der Waals surface area (Å²) >= 11 is 0. The van der Waals surface area contributed by atoms with Gasteiger partial charge < -0.3 is 0 Å². The lowest BCUT2D eigenvalue weighted by Gasteiger charge is -2.11. The van der Waals surface area contributed by atoms with Crippen LogP contribution >= 0.6 is 0 Å². The van der Waals surface area contributed by atoms with E-state index in [1.807, 2.05) is 36.4 Å². The summed E-state index contributed by atoms with van der Waals surface area (Å²) in [6.45, 7) is 6.09. The molecule has 0 spiro atoms. The Kier molecular flexibility index (Phi) is 4.05. The average Bonchev–Trinajstić information content (AvgIpc) is 3.27. The zero-order chi connectivity index (χ0) is 22.0. The van der Waals surface area contributed by atoms with Gasteiger partial charge in [0, 0.05) is 31.0 Å². The molecule has 0 bridgehead atoms. The first-order valence-corrected chi connectivity index (χ1v) is 10.1. The summed E-state index contributed by atoms with van der Waals surface area (Å²) < 4.78 is 6.49. The van der Waals surface area contributed by atoms with Gasteiger partial charge in [-0.05, 0) is 38.5 Å². The Morgan fingerprint density at radius 1 is 0.839 bits per heavy atom. The van der Waals surface area contributed by atoms with Crippen molar-refractivity contribution < 1.29 is 0 Å². The molecule has 0 atom stereocenters. The third kappa shape index (κ3) is 2.63. The summed E-state index contributed by atoms with van der Waals surface area (Å²) in [6.07, 6.45) is 0. The van der Waals surface area contributed by atoms with Gasteiger partial charge in [0.15, 0.2) is 11.2 Å². The first-order chi connectivity index (χ1) is 14.8. The van der Waals surface area contributed by atoms with Crippen LogP contribution in [0.25, 0.3) is 33.9 Å². The smallest absolute Gasteiger partial charge is 0.279 e. The molecule has 0 fully saturated rings. The third-order valence-electron chi connectivity index (χ3n) is 5.93. The Morgan fingerprint density at radius 2 is 1.55 bits per heavy atom. The second-order valence-electron chi connectivity index (χ2n) is 8.10. The number of fused-ring (bicyclic) bond motifs is 3. The molecule has 3 heterocycles. The SMILES string of the molecule is Cc1ccc(-c2c(C)n3c4c(=O)n(C)c(=O)n(C)c4nc3n2-c2cccc(C)c2)cc1. The number of aromatic nitrogens is 5. The van der Waals surface area contributed by atoms with Gasteiger partial charge >= 0.3 is 5.69 Å². The highest BCUT2D eigenvalue weighted by atomic mass is 16.2. The molecule has 0 unspecified atom stereocenters. The van der Waals surface area contributed by atoms with Crippen molar-refractivity contribution in [1.82, 2.24) is 23.1 Å². The number of aryl methyl sites for hydroxylation is 4. The molecule has 0 N–H and O–H groups in total. The Balaban J connectivity index is 2.03. The predicted molar refractivity (Wildman–Crippen MR) is 122 cm³/mol. The molecule has 0 saturated heterocycles. The van der Waals surface area contributed by atoms with Gasteiger partial charge in [0.05, 0.1) is 5.69 Å². The van der Waals surface area contributed by atoms with E-state index in [4.69, 9.17) is 4.98 Å². The highest BCUT2D eigenvalue weighted by molar-refractivity contribution is 5.81. The minimum absolute atomic E-state index is 0.356. The van der Waals surface area contributed by atoms with Crippen molar-refractivity contribution in [3.05, 3.63) is 86.2 Å². The number of imidazole rings is 2. The van der Waals surface area contributed by atoms with Gasteiger partial charge in [-0.3, -0.25) is 22.9 Å². The second-order valence-corrected chi connectivity index (χ2v) is 8.10. The van der Waals surface area contributed by atoms with Gasteiger partial charge in [0.1, 0.15) is 0 Å². The van der Waals surface area contributed by atoms with Crippen molar-refractivity contribution in [2.45, 2.75) is 20.8 Å². The summed E-state index contributed by atoms with van der Waals surface area (Å²) in [7, 11) is 3.14. The highest BCUT2D eigenvalue weighted by Gasteiger charge is 2.24. The minimum Gasteiger partial charge on any atom is -0.279 e. The highest BCUT2D eigenvalue weighted by Crippen LogP contribution is 2.32. The monoisotopic (exact) mass is 413 g/mol. The number of nitrogens with zero attached hydrogens (tertiary/aromatic N) is 5. The van der Waals surface area contributed by atoms with E-state index in [0.29, 0.717) is 16.9 Å². The van der Waals surface area contributed by atoms with Crippen molar-refractivity contribution in [2.24, 2.45) is 14.1 Å². The van der Waals surface area contributed by atoms with E-state index >= 15 is 0 Å². The number of hydrogen-bond acceptors (Lipinski definition) is 3. The fourth-order valence-electron chi connectivity index (χ4n) is 4.28. The molecular formula is C24H23N5O2. The molecule has 156 valence electrons. The van der Waals surface area contributed by atoms with Crippen molar-refractivity contribution in [3.63, 3.8) is 0 Å². The molecule has 7 nitrogen and oxygen atoms in total. The van der Waals surface area contributed by atoms with Gasteiger partial charge in [-0.25, -0.2) is 4.79 Å². The molecule has 2 aromatic carbocycles. The quantitative estimate of drug-likeness (QED) is 0.446. The lowest BCUT2D eigenvalue weighted by Crippen LogP contribution is -2.37. The number of benzene rings is 2.